The van der Waals surface area contributed by atoms with Crippen molar-refractivity contribution >= 4 is 33.4 Å². The van der Waals surface area contributed by atoms with Gasteiger partial charge >= 0.3 is 5.97 Å². The van der Waals surface area contributed by atoms with E-state index in [1.165, 1.54) is 18.2 Å². The minimum atomic E-state index is -3.88. The maximum atomic E-state index is 12.3. The molecular weight excluding hydrogens is 312 g/mol. The van der Waals surface area contributed by atoms with Crippen molar-refractivity contribution in [3.05, 3.63) is 23.8 Å². The molecule has 4 N–H and O–H groups in total. The van der Waals surface area contributed by atoms with E-state index in [1.807, 2.05) is 11.8 Å². The van der Waals surface area contributed by atoms with Crippen molar-refractivity contribution in [2.24, 2.45) is 5.92 Å². The number of carboxylic acids is 1. The van der Waals surface area contributed by atoms with Crippen molar-refractivity contribution in [1.82, 2.24) is 4.72 Å². The molecule has 2 rings (SSSR count). The normalized spacial score (nSPS) is 16.8. The fourth-order valence-electron chi connectivity index (χ4n) is 2.19. The predicted molar refractivity (Wildman–Crippen MR) is 83.1 cm³/mol. The number of hydrogen-bond donors (Lipinski definition) is 3. The maximum Gasteiger partial charge on any atom is 0.337 e. The molecule has 1 aliphatic heterocycles. The number of thioether (sulfide) groups is 1. The third-order valence-corrected chi connectivity index (χ3v) is 5.94. The second-order valence-corrected chi connectivity index (χ2v) is 7.93. The van der Waals surface area contributed by atoms with Gasteiger partial charge in [0.05, 0.1) is 10.5 Å². The lowest BCUT2D eigenvalue weighted by atomic mass is 10.0. The molecule has 0 amide bonds. The van der Waals surface area contributed by atoms with E-state index < -0.39 is 16.0 Å². The minimum Gasteiger partial charge on any atom is -0.478 e. The van der Waals surface area contributed by atoms with Crippen LogP contribution in [0.1, 0.15) is 23.2 Å². The first-order valence-electron chi connectivity index (χ1n) is 6.60. The third kappa shape index (κ3) is 4.12. The molecule has 21 heavy (non-hydrogen) atoms. The first-order chi connectivity index (χ1) is 9.90. The van der Waals surface area contributed by atoms with Crippen LogP contribution in [0.5, 0.6) is 0 Å². The summed E-state index contributed by atoms with van der Waals surface area (Å²) >= 11 is 1.87. The Morgan fingerprint density at radius 2 is 2.05 bits per heavy atom. The van der Waals surface area contributed by atoms with Gasteiger partial charge in [0.25, 0.3) is 0 Å². The highest BCUT2D eigenvalue weighted by molar-refractivity contribution is 7.99. The van der Waals surface area contributed by atoms with E-state index in [0.717, 1.165) is 24.3 Å². The second-order valence-electron chi connectivity index (χ2n) is 4.97. The molecule has 0 bridgehead atoms. The number of nitrogen functional groups attached to an aromatic ring is 1. The van der Waals surface area contributed by atoms with Crippen molar-refractivity contribution < 1.29 is 18.3 Å². The molecular formula is C13H18N2O4S2. The molecule has 0 aromatic heterocycles. The zero-order chi connectivity index (χ0) is 15.5. The topological polar surface area (TPSA) is 109 Å². The van der Waals surface area contributed by atoms with Gasteiger partial charge in [-0.3, -0.25) is 0 Å². The van der Waals surface area contributed by atoms with Crippen LogP contribution in [-0.2, 0) is 10.0 Å². The number of rotatable bonds is 5. The Balaban J connectivity index is 2.18. The highest BCUT2D eigenvalue weighted by Gasteiger charge is 2.24. The molecule has 1 fully saturated rings. The highest BCUT2D eigenvalue weighted by Crippen LogP contribution is 2.23. The van der Waals surface area contributed by atoms with E-state index in [4.69, 9.17) is 10.8 Å². The predicted octanol–water partition coefficient (Wildman–Crippen LogP) is 1.39. The Bertz CT molecular complexity index is 625. The highest BCUT2D eigenvalue weighted by atomic mass is 32.2. The number of carbonyl (C=O) groups is 1. The van der Waals surface area contributed by atoms with Gasteiger partial charge in [-0.05, 0) is 48.5 Å². The van der Waals surface area contributed by atoms with Gasteiger partial charge in [0.2, 0.25) is 10.0 Å². The summed E-state index contributed by atoms with van der Waals surface area (Å²) < 4.78 is 27.1. The van der Waals surface area contributed by atoms with Crippen molar-refractivity contribution in [1.29, 1.82) is 0 Å². The summed E-state index contributed by atoms with van der Waals surface area (Å²) in [5.41, 5.74) is 5.52. The Labute approximate surface area is 128 Å². The molecule has 0 spiro atoms. The Morgan fingerprint density at radius 3 is 2.67 bits per heavy atom. The smallest absolute Gasteiger partial charge is 0.337 e. The molecule has 0 saturated carbocycles. The summed E-state index contributed by atoms with van der Waals surface area (Å²) in [7, 11) is -3.88. The minimum absolute atomic E-state index is 0.217. The number of anilines is 1. The first-order valence-corrected chi connectivity index (χ1v) is 9.24. The summed E-state index contributed by atoms with van der Waals surface area (Å²) in [5.74, 6) is 1.08. The molecule has 1 saturated heterocycles. The zero-order valence-corrected chi connectivity index (χ0v) is 13.0. The molecule has 1 aliphatic rings. The number of sulfonamides is 1. The van der Waals surface area contributed by atoms with E-state index in [9.17, 15) is 13.2 Å². The molecule has 0 atom stereocenters. The van der Waals surface area contributed by atoms with Gasteiger partial charge < -0.3 is 10.8 Å². The van der Waals surface area contributed by atoms with Crippen LogP contribution in [-0.4, -0.2) is 37.5 Å². The molecule has 8 heteroatoms. The average Bonchev–Trinajstić information content (AvgIpc) is 2.46. The maximum absolute atomic E-state index is 12.3. The Hall–Kier alpha value is -1.25. The molecule has 0 aliphatic carbocycles. The number of aromatic carboxylic acids is 1. The van der Waals surface area contributed by atoms with Crippen LogP contribution in [0, 0.1) is 5.92 Å². The van der Waals surface area contributed by atoms with E-state index in [2.05, 4.69) is 4.72 Å². The summed E-state index contributed by atoms with van der Waals surface area (Å²) in [6, 6.07) is 3.77. The molecule has 1 aromatic carbocycles. The van der Waals surface area contributed by atoms with Crippen LogP contribution in [0.4, 0.5) is 5.69 Å². The van der Waals surface area contributed by atoms with Gasteiger partial charge in [0.15, 0.2) is 0 Å². The van der Waals surface area contributed by atoms with Crippen LogP contribution in [0.25, 0.3) is 0 Å². The van der Waals surface area contributed by atoms with E-state index in [-0.39, 0.29) is 16.1 Å². The Morgan fingerprint density at radius 1 is 1.38 bits per heavy atom. The molecule has 0 radical (unpaired) electrons. The molecule has 6 nitrogen and oxygen atoms in total. The largest absolute Gasteiger partial charge is 0.478 e. The van der Waals surface area contributed by atoms with E-state index >= 15 is 0 Å². The van der Waals surface area contributed by atoms with Gasteiger partial charge in [-0.2, -0.15) is 11.8 Å². The van der Waals surface area contributed by atoms with Gasteiger partial charge in [0, 0.05) is 12.2 Å². The lowest BCUT2D eigenvalue weighted by Crippen LogP contribution is -2.32. The Kier molecular flexibility index (Phi) is 5.13. The van der Waals surface area contributed by atoms with Crippen molar-refractivity contribution in [3.63, 3.8) is 0 Å². The van der Waals surface area contributed by atoms with E-state index in [0.29, 0.717) is 12.5 Å². The third-order valence-electron chi connectivity index (χ3n) is 3.43. The SMILES string of the molecule is Nc1ccc(C(=O)O)c(S(=O)(=O)NCC2CCSCC2)c1. The number of nitrogens with two attached hydrogens (primary N) is 1. The monoisotopic (exact) mass is 330 g/mol. The molecule has 116 valence electrons. The second kappa shape index (κ2) is 6.67. The standard InChI is InChI=1S/C13H18N2O4S2/c14-10-1-2-11(13(16)17)12(7-10)21(18,19)15-8-9-3-5-20-6-4-9/h1-2,7,9,15H,3-6,8,14H2,(H,16,17). The summed E-state index contributed by atoms with van der Waals surface area (Å²) in [6.07, 6.45) is 1.94. The number of carboxylic acid groups (broad SMARTS) is 1. The van der Waals surface area contributed by atoms with E-state index in [1.54, 1.807) is 0 Å². The van der Waals surface area contributed by atoms with Crippen molar-refractivity contribution in [3.8, 4) is 0 Å². The van der Waals surface area contributed by atoms with Gasteiger partial charge in [-0.1, -0.05) is 0 Å². The summed E-state index contributed by atoms with van der Waals surface area (Å²) in [4.78, 5) is 10.9. The van der Waals surface area contributed by atoms with Crippen LogP contribution >= 0.6 is 11.8 Å². The van der Waals surface area contributed by atoms with Gasteiger partial charge in [-0.15, -0.1) is 0 Å². The van der Waals surface area contributed by atoms with Gasteiger partial charge in [-0.25, -0.2) is 17.9 Å². The molecule has 1 aromatic rings. The summed E-state index contributed by atoms with van der Waals surface area (Å²) in [6.45, 7) is 0.330. The van der Waals surface area contributed by atoms with Crippen LogP contribution in [0.2, 0.25) is 0 Å². The lowest BCUT2D eigenvalue weighted by Gasteiger charge is -2.21. The quantitative estimate of drug-likeness (QED) is 0.704. The van der Waals surface area contributed by atoms with Crippen molar-refractivity contribution in [2.75, 3.05) is 23.8 Å². The fourth-order valence-corrected chi connectivity index (χ4v) is 4.74. The molecule has 1 heterocycles. The summed E-state index contributed by atoms with van der Waals surface area (Å²) in [5, 5.41) is 9.10. The average molecular weight is 330 g/mol. The van der Waals surface area contributed by atoms with Crippen molar-refractivity contribution in [2.45, 2.75) is 17.7 Å². The first kappa shape index (κ1) is 16.1. The number of nitrogens with one attached hydrogen (secondary N) is 1. The van der Waals surface area contributed by atoms with Gasteiger partial charge in [0.1, 0.15) is 0 Å². The van der Waals surface area contributed by atoms with Crippen LogP contribution in [0.3, 0.4) is 0 Å². The zero-order valence-electron chi connectivity index (χ0n) is 11.4. The fraction of sp³-hybridized carbons (Fsp3) is 0.462. The van der Waals surface area contributed by atoms with Crippen LogP contribution < -0.4 is 10.5 Å². The molecule has 0 unspecified atom stereocenters. The number of hydrogen-bond acceptors (Lipinski definition) is 5. The number of benzene rings is 1. The lowest BCUT2D eigenvalue weighted by molar-refractivity contribution is 0.0692. The van der Waals surface area contributed by atoms with Crippen LogP contribution in [0.15, 0.2) is 23.1 Å².